The van der Waals surface area contributed by atoms with Gasteiger partial charge in [-0.3, -0.25) is 4.98 Å². The third-order valence-corrected chi connectivity index (χ3v) is 2.92. The summed E-state index contributed by atoms with van der Waals surface area (Å²) in [4.78, 5) is 14.8. The number of aromatic nitrogens is 1. The van der Waals surface area contributed by atoms with Crippen molar-refractivity contribution in [2.75, 3.05) is 0 Å². The van der Waals surface area contributed by atoms with E-state index in [-0.39, 0.29) is 5.56 Å². The van der Waals surface area contributed by atoms with Crippen LogP contribution in [-0.4, -0.2) is 16.1 Å². The third-order valence-electron chi connectivity index (χ3n) is 2.15. The lowest BCUT2D eigenvalue weighted by Crippen LogP contribution is -2.32. The second kappa shape index (κ2) is 3.53. The molecule has 0 bridgehead atoms. The van der Waals surface area contributed by atoms with Crippen molar-refractivity contribution in [1.29, 1.82) is 0 Å². The Morgan fingerprint density at radius 2 is 2.36 bits per heavy atom. The van der Waals surface area contributed by atoms with Crippen LogP contribution in [0.3, 0.4) is 0 Å². The van der Waals surface area contributed by atoms with Crippen LogP contribution in [0.2, 0.25) is 0 Å². The van der Waals surface area contributed by atoms with Crippen molar-refractivity contribution in [3.05, 3.63) is 28.4 Å². The summed E-state index contributed by atoms with van der Waals surface area (Å²) in [6, 6.07) is 1.66. The molecule has 0 aromatic carbocycles. The minimum absolute atomic E-state index is 0.238. The Kier molecular flexibility index (Phi) is 2.37. The van der Waals surface area contributed by atoms with Gasteiger partial charge in [0.1, 0.15) is 0 Å². The van der Waals surface area contributed by atoms with Gasteiger partial charge >= 0.3 is 5.97 Å². The molecule has 1 heterocycles. The molecule has 0 radical (unpaired) electrons. The molecule has 0 saturated heterocycles. The lowest BCUT2D eigenvalue weighted by Gasteiger charge is -2.03. The van der Waals surface area contributed by atoms with Crippen LogP contribution in [0, 0.1) is 0 Å². The molecule has 0 saturated carbocycles. The highest BCUT2D eigenvalue weighted by molar-refractivity contribution is 9.14. The number of carboxylic acids is 1. The summed E-state index contributed by atoms with van der Waals surface area (Å²) in [7, 11) is 0. The monoisotopic (exact) mass is 253 g/mol. The van der Waals surface area contributed by atoms with E-state index < -0.39 is 5.97 Å². The Hall–Kier alpha value is -1.16. The lowest BCUT2D eigenvalue weighted by atomic mass is 10.1. The number of carbonyl (C=O) groups is 1. The molecule has 1 aliphatic rings. The Labute approximate surface area is 88.9 Å². The van der Waals surface area contributed by atoms with Gasteiger partial charge in [0.15, 0.2) is 0 Å². The van der Waals surface area contributed by atoms with Crippen molar-refractivity contribution in [3.63, 3.8) is 0 Å². The van der Waals surface area contributed by atoms with Crippen LogP contribution in [0.5, 0.6) is 0 Å². The predicted molar refractivity (Wildman–Crippen MR) is 56.5 cm³/mol. The molecule has 14 heavy (non-hydrogen) atoms. The maximum Gasteiger partial charge on any atom is 0.337 e. The van der Waals surface area contributed by atoms with Crippen molar-refractivity contribution >= 4 is 32.5 Å². The molecule has 0 unspecified atom stereocenters. The first-order valence-corrected chi connectivity index (χ1v) is 5.06. The summed E-state index contributed by atoms with van der Waals surface area (Å²) >= 11 is 3.44. The normalized spacial score (nSPS) is 14.5. The number of hydrogen-bond acceptors (Lipinski definition) is 2. The van der Waals surface area contributed by atoms with Gasteiger partial charge in [-0.1, -0.05) is 22.0 Å². The second-order valence-electron chi connectivity index (χ2n) is 3.11. The quantitative estimate of drug-likeness (QED) is 0.808. The molecule has 1 N–H and O–H groups in total. The first-order chi connectivity index (χ1) is 6.68. The van der Waals surface area contributed by atoms with Crippen LogP contribution in [0.4, 0.5) is 0 Å². The maximum absolute atomic E-state index is 10.7. The average Bonchev–Trinajstić information content (AvgIpc) is 2.17. The van der Waals surface area contributed by atoms with Crippen LogP contribution in [0.15, 0.2) is 12.3 Å². The van der Waals surface area contributed by atoms with E-state index in [1.54, 1.807) is 6.07 Å². The first kappa shape index (κ1) is 9.40. The SMILES string of the molecule is O=C(O)c1cnc2c(c1)=CCCC=2Br. The van der Waals surface area contributed by atoms with Gasteiger partial charge in [-0.05, 0) is 24.1 Å². The summed E-state index contributed by atoms with van der Waals surface area (Å²) in [6.45, 7) is 0. The smallest absolute Gasteiger partial charge is 0.337 e. The van der Waals surface area contributed by atoms with E-state index in [2.05, 4.69) is 20.9 Å². The fourth-order valence-electron chi connectivity index (χ4n) is 1.45. The van der Waals surface area contributed by atoms with E-state index in [1.807, 2.05) is 6.08 Å². The van der Waals surface area contributed by atoms with Gasteiger partial charge in [0.2, 0.25) is 0 Å². The number of hydrogen-bond donors (Lipinski definition) is 1. The van der Waals surface area contributed by atoms with Crippen LogP contribution in [0.25, 0.3) is 10.6 Å². The molecule has 1 aromatic rings. The van der Waals surface area contributed by atoms with Gasteiger partial charge in [-0.2, -0.15) is 0 Å². The van der Waals surface area contributed by atoms with E-state index in [1.165, 1.54) is 6.20 Å². The molecule has 0 spiro atoms. The second-order valence-corrected chi connectivity index (χ2v) is 4.07. The van der Waals surface area contributed by atoms with Crippen LogP contribution < -0.4 is 10.6 Å². The zero-order valence-electron chi connectivity index (χ0n) is 7.33. The number of aromatic carboxylic acids is 1. The summed E-state index contributed by atoms with van der Waals surface area (Å²) in [5.74, 6) is -0.935. The van der Waals surface area contributed by atoms with Crippen molar-refractivity contribution < 1.29 is 9.90 Å². The summed E-state index contributed by atoms with van der Waals surface area (Å²) in [5.41, 5.74) is 0.238. The van der Waals surface area contributed by atoms with Gasteiger partial charge in [0.25, 0.3) is 0 Å². The van der Waals surface area contributed by atoms with E-state index in [9.17, 15) is 4.79 Å². The topological polar surface area (TPSA) is 50.2 Å². The number of fused-ring (bicyclic) bond motifs is 1. The first-order valence-electron chi connectivity index (χ1n) is 4.27. The highest BCUT2D eigenvalue weighted by Crippen LogP contribution is 2.13. The molecule has 2 rings (SSSR count). The van der Waals surface area contributed by atoms with E-state index >= 15 is 0 Å². The average molecular weight is 254 g/mol. The van der Waals surface area contributed by atoms with E-state index in [4.69, 9.17) is 5.11 Å². The van der Waals surface area contributed by atoms with Crippen molar-refractivity contribution in [2.45, 2.75) is 12.8 Å². The molecule has 0 atom stereocenters. The maximum atomic E-state index is 10.7. The Morgan fingerprint density at radius 3 is 3.07 bits per heavy atom. The molecule has 4 heteroatoms. The van der Waals surface area contributed by atoms with Crippen LogP contribution in [-0.2, 0) is 0 Å². The highest BCUT2D eigenvalue weighted by atomic mass is 79.9. The molecule has 3 nitrogen and oxygen atoms in total. The van der Waals surface area contributed by atoms with E-state index in [0.29, 0.717) is 0 Å². The zero-order chi connectivity index (χ0) is 10.1. The van der Waals surface area contributed by atoms with Crippen molar-refractivity contribution in [3.8, 4) is 0 Å². The molecule has 1 aromatic heterocycles. The molecule has 0 amide bonds. The lowest BCUT2D eigenvalue weighted by molar-refractivity contribution is 0.0696. The number of pyridine rings is 1. The molecular formula is C10H8BrNO2. The summed E-state index contributed by atoms with van der Waals surface area (Å²) in [6.07, 6.45) is 5.27. The van der Waals surface area contributed by atoms with Crippen molar-refractivity contribution in [2.24, 2.45) is 0 Å². The fourth-order valence-corrected chi connectivity index (χ4v) is 2.01. The largest absolute Gasteiger partial charge is 0.478 e. The Balaban J connectivity index is 2.73. The van der Waals surface area contributed by atoms with Crippen LogP contribution in [0.1, 0.15) is 23.2 Å². The molecule has 72 valence electrons. The predicted octanol–water partition coefficient (Wildman–Crippen LogP) is 0.857. The number of carboxylic acid groups (broad SMARTS) is 1. The number of rotatable bonds is 1. The third kappa shape index (κ3) is 1.57. The Morgan fingerprint density at radius 1 is 1.57 bits per heavy atom. The minimum atomic E-state index is -0.935. The highest BCUT2D eigenvalue weighted by Gasteiger charge is 2.06. The fraction of sp³-hybridized carbons (Fsp3) is 0.200. The van der Waals surface area contributed by atoms with Gasteiger partial charge < -0.3 is 5.11 Å². The van der Waals surface area contributed by atoms with Crippen LogP contribution >= 0.6 is 15.9 Å². The van der Waals surface area contributed by atoms with Gasteiger partial charge in [-0.25, -0.2) is 4.79 Å². The van der Waals surface area contributed by atoms with Crippen molar-refractivity contribution in [1.82, 2.24) is 4.98 Å². The van der Waals surface area contributed by atoms with Gasteiger partial charge in [0, 0.05) is 10.7 Å². The molecular weight excluding hydrogens is 246 g/mol. The van der Waals surface area contributed by atoms with Gasteiger partial charge in [0.05, 0.1) is 10.9 Å². The van der Waals surface area contributed by atoms with E-state index in [0.717, 1.165) is 27.9 Å². The molecule has 0 fully saturated rings. The Bertz CT molecular complexity index is 507. The number of halogens is 1. The molecule has 1 aliphatic carbocycles. The number of nitrogens with zero attached hydrogens (tertiary/aromatic N) is 1. The summed E-state index contributed by atoms with van der Waals surface area (Å²) < 4.78 is 1.05. The minimum Gasteiger partial charge on any atom is -0.478 e. The standard InChI is InChI=1S/C10H8BrNO2/c11-8-3-1-2-6-4-7(10(13)14)5-12-9(6)8/h2,4-5H,1,3H2,(H,13,14). The summed E-state index contributed by atoms with van der Waals surface area (Å²) in [5, 5.41) is 10.5. The van der Waals surface area contributed by atoms with Gasteiger partial charge in [-0.15, -0.1) is 0 Å². The molecule has 0 aliphatic heterocycles. The zero-order valence-corrected chi connectivity index (χ0v) is 8.91.